The lowest BCUT2D eigenvalue weighted by Crippen LogP contribution is -2.26. The van der Waals surface area contributed by atoms with Crippen molar-refractivity contribution in [2.75, 3.05) is 0 Å². The second-order valence-corrected chi connectivity index (χ2v) is 9.06. The fourth-order valence-corrected chi connectivity index (χ4v) is 4.37. The molecule has 1 atom stereocenters. The largest absolute Gasteiger partial charge is 0.465 e. The number of rotatable bonds is 6. The minimum absolute atomic E-state index is 0.0442. The maximum absolute atomic E-state index is 14.2. The van der Waals surface area contributed by atoms with Gasteiger partial charge in [0.2, 0.25) is 9.84 Å². The molecule has 162 valence electrons. The number of amides is 1. The summed E-state index contributed by atoms with van der Waals surface area (Å²) in [5.74, 6) is -1.36. The van der Waals surface area contributed by atoms with Crippen LogP contribution >= 0.6 is 11.6 Å². The van der Waals surface area contributed by atoms with E-state index >= 15 is 0 Å². The zero-order valence-corrected chi connectivity index (χ0v) is 17.7. The second-order valence-electron chi connectivity index (χ2n) is 6.73. The quantitative estimate of drug-likeness (QED) is 0.545. The number of carboxylic acid groups (broad SMARTS) is 1. The fourth-order valence-electron chi connectivity index (χ4n) is 3.03. The molecule has 1 unspecified atom stereocenters. The van der Waals surface area contributed by atoms with Crippen molar-refractivity contribution in [3.8, 4) is 0 Å². The molecule has 31 heavy (non-hydrogen) atoms. The van der Waals surface area contributed by atoms with Gasteiger partial charge in [0, 0.05) is 11.4 Å². The fraction of sp³-hybridized carbons (Fsp3) is 0.143. The third-order valence-electron chi connectivity index (χ3n) is 4.56. The number of benzene rings is 2. The Hall–Kier alpha value is -3.04. The van der Waals surface area contributed by atoms with Crippen molar-refractivity contribution in [1.29, 1.82) is 0 Å². The van der Waals surface area contributed by atoms with Crippen LogP contribution in [0.2, 0.25) is 5.02 Å². The maximum atomic E-state index is 14.2. The SMILES string of the molecule is CC(NC(=O)O)c1ccc(S(=O)(=O)c2ccc(Cl)cc2)nc1Cc1cc(F)ccc1F. The molecule has 0 spiro atoms. The molecule has 1 aromatic heterocycles. The highest BCUT2D eigenvalue weighted by Crippen LogP contribution is 2.26. The van der Waals surface area contributed by atoms with Crippen LogP contribution in [-0.4, -0.2) is 24.6 Å². The Balaban J connectivity index is 2.11. The van der Waals surface area contributed by atoms with Crippen LogP contribution in [0.5, 0.6) is 0 Å². The molecule has 1 heterocycles. The molecule has 0 saturated heterocycles. The molecule has 0 aliphatic heterocycles. The number of pyridine rings is 1. The predicted octanol–water partition coefficient (Wildman–Crippen LogP) is 4.77. The zero-order chi connectivity index (χ0) is 22.8. The van der Waals surface area contributed by atoms with Crippen LogP contribution < -0.4 is 5.32 Å². The van der Waals surface area contributed by atoms with E-state index in [1.807, 2.05) is 0 Å². The summed E-state index contributed by atoms with van der Waals surface area (Å²) in [6.45, 7) is 1.53. The van der Waals surface area contributed by atoms with Crippen molar-refractivity contribution in [1.82, 2.24) is 10.3 Å². The third-order valence-corrected chi connectivity index (χ3v) is 6.48. The summed E-state index contributed by atoms with van der Waals surface area (Å²) in [5.41, 5.74) is 0.388. The normalized spacial score (nSPS) is 12.4. The summed E-state index contributed by atoms with van der Waals surface area (Å²) in [6, 6.07) is 10.3. The van der Waals surface area contributed by atoms with Gasteiger partial charge in [-0.2, -0.15) is 0 Å². The van der Waals surface area contributed by atoms with E-state index in [1.165, 1.54) is 43.3 Å². The van der Waals surface area contributed by atoms with Crippen LogP contribution in [0.25, 0.3) is 0 Å². The number of halogens is 3. The second kappa shape index (κ2) is 8.99. The molecule has 0 saturated carbocycles. The van der Waals surface area contributed by atoms with Gasteiger partial charge in [0.15, 0.2) is 5.03 Å². The Morgan fingerprint density at radius 1 is 1.13 bits per heavy atom. The van der Waals surface area contributed by atoms with Gasteiger partial charge >= 0.3 is 6.09 Å². The van der Waals surface area contributed by atoms with Crippen molar-refractivity contribution < 1.29 is 27.1 Å². The Kier molecular flexibility index (Phi) is 6.56. The van der Waals surface area contributed by atoms with E-state index in [9.17, 15) is 22.0 Å². The molecular formula is C21H17ClF2N2O4S. The van der Waals surface area contributed by atoms with E-state index in [2.05, 4.69) is 10.3 Å². The highest BCUT2D eigenvalue weighted by molar-refractivity contribution is 7.91. The van der Waals surface area contributed by atoms with E-state index in [4.69, 9.17) is 16.7 Å². The average molecular weight is 467 g/mol. The van der Waals surface area contributed by atoms with Gasteiger partial charge in [-0.25, -0.2) is 27.0 Å². The topological polar surface area (TPSA) is 96.4 Å². The van der Waals surface area contributed by atoms with Gasteiger partial charge in [-0.1, -0.05) is 17.7 Å². The first-order valence-electron chi connectivity index (χ1n) is 9.02. The van der Waals surface area contributed by atoms with Crippen molar-refractivity contribution in [3.05, 3.63) is 88.1 Å². The van der Waals surface area contributed by atoms with Crippen molar-refractivity contribution >= 4 is 27.5 Å². The van der Waals surface area contributed by atoms with Crippen molar-refractivity contribution in [2.45, 2.75) is 29.3 Å². The van der Waals surface area contributed by atoms with Crippen LogP contribution in [-0.2, 0) is 16.3 Å². The average Bonchev–Trinajstić information content (AvgIpc) is 2.70. The summed E-state index contributed by atoms with van der Waals surface area (Å²) in [4.78, 5) is 15.2. The van der Waals surface area contributed by atoms with E-state index in [0.29, 0.717) is 10.6 Å². The van der Waals surface area contributed by atoms with Crippen LogP contribution in [0.1, 0.15) is 29.8 Å². The molecule has 0 bridgehead atoms. The lowest BCUT2D eigenvalue weighted by molar-refractivity contribution is 0.191. The smallest absolute Gasteiger partial charge is 0.405 e. The summed E-state index contributed by atoms with van der Waals surface area (Å²) in [5, 5.41) is 11.3. The monoisotopic (exact) mass is 466 g/mol. The van der Waals surface area contributed by atoms with Gasteiger partial charge in [-0.15, -0.1) is 0 Å². The molecule has 6 nitrogen and oxygen atoms in total. The molecule has 0 aliphatic rings. The van der Waals surface area contributed by atoms with Crippen LogP contribution in [0, 0.1) is 11.6 Å². The van der Waals surface area contributed by atoms with E-state index in [1.54, 1.807) is 0 Å². The number of carbonyl (C=O) groups is 1. The van der Waals surface area contributed by atoms with Gasteiger partial charge in [0.25, 0.3) is 0 Å². The summed E-state index contributed by atoms with van der Waals surface area (Å²) in [7, 11) is -4.03. The van der Waals surface area contributed by atoms with Gasteiger partial charge in [0.05, 0.1) is 16.6 Å². The molecule has 2 N–H and O–H groups in total. The third kappa shape index (κ3) is 5.18. The van der Waals surface area contributed by atoms with E-state index in [0.717, 1.165) is 18.2 Å². The molecule has 3 aromatic rings. The van der Waals surface area contributed by atoms with Gasteiger partial charge < -0.3 is 10.4 Å². The highest BCUT2D eigenvalue weighted by atomic mass is 35.5. The number of sulfone groups is 1. The van der Waals surface area contributed by atoms with Crippen LogP contribution in [0.4, 0.5) is 13.6 Å². The lowest BCUT2D eigenvalue weighted by Gasteiger charge is -2.17. The molecule has 10 heteroatoms. The maximum Gasteiger partial charge on any atom is 0.405 e. The zero-order valence-electron chi connectivity index (χ0n) is 16.1. The molecule has 3 rings (SSSR count). The number of aromatic nitrogens is 1. The standard InChI is InChI=1S/C21H17ClF2N2O4S/c1-12(25-21(27)28)17-7-9-20(31(29,30)16-5-2-14(22)3-6-16)26-19(17)11-13-10-15(23)4-8-18(13)24/h2-10,12,25H,11H2,1H3,(H,27,28). The highest BCUT2D eigenvalue weighted by Gasteiger charge is 2.23. The summed E-state index contributed by atoms with van der Waals surface area (Å²) < 4.78 is 53.8. The molecule has 1 amide bonds. The number of hydrogen-bond donors (Lipinski definition) is 2. The van der Waals surface area contributed by atoms with Crippen molar-refractivity contribution in [2.24, 2.45) is 0 Å². The number of nitrogens with zero attached hydrogens (tertiary/aromatic N) is 1. The summed E-state index contributed by atoms with van der Waals surface area (Å²) in [6.07, 6.45) is -1.54. The van der Waals surface area contributed by atoms with E-state index in [-0.39, 0.29) is 27.6 Å². The minimum Gasteiger partial charge on any atom is -0.465 e. The van der Waals surface area contributed by atoms with Crippen LogP contribution in [0.15, 0.2) is 64.5 Å². The number of hydrogen-bond acceptors (Lipinski definition) is 4. The summed E-state index contributed by atoms with van der Waals surface area (Å²) >= 11 is 5.82. The number of nitrogens with one attached hydrogen (secondary N) is 1. The first kappa shape index (κ1) is 22.6. The lowest BCUT2D eigenvalue weighted by atomic mass is 10.0. The Morgan fingerprint density at radius 2 is 1.81 bits per heavy atom. The van der Waals surface area contributed by atoms with Gasteiger partial charge in [0.1, 0.15) is 11.6 Å². The Bertz CT molecular complexity index is 1230. The predicted molar refractivity (Wildman–Crippen MR) is 110 cm³/mol. The Morgan fingerprint density at radius 3 is 2.45 bits per heavy atom. The van der Waals surface area contributed by atoms with Gasteiger partial charge in [-0.3, -0.25) is 0 Å². The first-order valence-corrected chi connectivity index (χ1v) is 10.9. The molecule has 2 aromatic carbocycles. The molecule has 0 radical (unpaired) electrons. The van der Waals surface area contributed by atoms with Crippen molar-refractivity contribution in [3.63, 3.8) is 0 Å². The molecule has 0 aliphatic carbocycles. The van der Waals surface area contributed by atoms with Gasteiger partial charge in [-0.05, 0) is 66.6 Å². The van der Waals surface area contributed by atoms with E-state index < -0.39 is 33.6 Å². The molecule has 0 fully saturated rings. The molecular weight excluding hydrogens is 450 g/mol. The first-order chi connectivity index (χ1) is 14.6. The van der Waals surface area contributed by atoms with Crippen LogP contribution in [0.3, 0.4) is 0 Å². The Labute approximate surface area is 182 Å². The minimum atomic E-state index is -4.03.